The van der Waals surface area contributed by atoms with Crippen molar-refractivity contribution in [1.82, 2.24) is 20.2 Å². The van der Waals surface area contributed by atoms with Crippen LogP contribution in [0.3, 0.4) is 0 Å². The van der Waals surface area contributed by atoms with Gasteiger partial charge < -0.3 is 5.11 Å². The lowest BCUT2D eigenvalue weighted by atomic mass is 10.3. The van der Waals surface area contributed by atoms with Crippen LogP contribution in [0.4, 0.5) is 0 Å². The van der Waals surface area contributed by atoms with Crippen molar-refractivity contribution < 1.29 is 9.90 Å². The lowest BCUT2D eigenvalue weighted by Crippen LogP contribution is -2.07. The summed E-state index contributed by atoms with van der Waals surface area (Å²) >= 11 is 0. The summed E-state index contributed by atoms with van der Waals surface area (Å²) in [4.78, 5) is 10.3. The zero-order chi connectivity index (χ0) is 9.68. The molecule has 0 aromatic carbocycles. The minimum Gasteiger partial charge on any atom is -0.481 e. The molecule has 1 rings (SSSR count). The average Bonchev–Trinajstić information content (AvgIpc) is 2.49. The van der Waals surface area contributed by atoms with Gasteiger partial charge in [0.2, 0.25) is 0 Å². The zero-order valence-electron chi connectivity index (χ0n) is 7.47. The Hall–Kier alpha value is -1.46. The van der Waals surface area contributed by atoms with Crippen LogP contribution in [-0.2, 0) is 17.8 Å². The molecular formula is C7H12N4O2. The van der Waals surface area contributed by atoms with Crippen LogP contribution in [0, 0.1) is 0 Å². The van der Waals surface area contributed by atoms with E-state index in [1.54, 1.807) is 4.68 Å². The minimum absolute atomic E-state index is 0.0735. The van der Waals surface area contributed by atoms with E-state index in [1.807, 2.05) is 6.92 Å². The molecule has 0 saturated heterocycles. The highest BCUT2D eigenvalue weighted by Crippen LogP contribution is 1.98. The predicted molar refractivity (Wildman–Crippen MR) is 44.1 cm³/mol. The number of aryl methyl sites for hydroxylation is 2. The van der Waals surface area contributed by atoms with Gasteiger partial charge in [0.25, 0.3) is 0 Å². The summed E-state index contributed by atoms with van der Waals surface area (Å²) in [7, 11) is 0. The van der Waals surface area contributed by atoms with Crippen molar-refractivity contribution in [3.8, 4) is 0 Å². The Morgan fingerprint density at radius 1 is 1.62 bits per heavy atom. The fourth-order valence-corrected chi connectivity index (χ4v) is 1.01. The van der Waals surface area contributed by atoms with Gasteiger partial charge in [0.1, 0.15) is 0 Å². The summed E-state index contributed by atoms with van der Waals surface area (Å²) < 4.78 is 1.64. The van der Waals surface area contributed by atoms with Gasteiger partial charge in [0.05, 0.1) is 6.42 Å². The third kappa shape index (κ3) is 2.81. The van der Waals surface area contributed by atoms with Crippen LogP contribution in [0.5, 0.6) is 0 Å². The number of hydrogen-bond acceptors (Lipinski definition) is 4. The Bertz CT molecular complexity index is 284. The highest BCUT2D eigenvalue weighted by atomic mass is 16.4. The van der Waals surface area contributed by atoms with Crippen molar-refractivity contribution in [1.29, 1.82) is 0 Å². The van der Waals surface area contributed by atoms with Crippen LogP contribution in [-0.4, -0.2) is 31.3 Å². The molecule has 72 valence electrons. The van der Waals surface area contributed by atoms with Crippen LogP contribution in [0.1, 0.15) is 25.6 Å². The van der Waals surface area contributed by atoms with Crippen LogP contribution in [0.25, 0.3) is 0 Å². The maximum atomic E-state index is 10.3. The number of tetrazole rings is 1. The fourth-order valence-electron chi connectivity index (χ4n) is 1.01. The van der Waals surface area contributed by atoms with E-state index in [0.717, 1.165) is 13.0 Å². The molecule has 6 nitrogen and oxygen atoms in total. The molecule has 1 heterocycles. The minimum atomic E-state index is -0.828. The van der Waals surface area contributed by atoms with Crippen molar-refractivity contribution in [3.63, 3.8) is 0 Å². The predicted octanol–water partition coefficient (Wildman–Crippen LogP) is 0.100. The van der Waals surface area contributed by atoms with E-state index in [-0.39, 0.29) is 6.42 Å². The van der Waals surface area contributed by atoms with Crippen LogP contribution in [0.2, 0.25) is 0 Å². The van der Waals surface area contributed by atoms with Crippen LogP contribution in [0.15, 0.2) is 0 Å². The van der Waals surface area contributed by atoms with E-state index in [9.17, 15) is 4.79 Å². The van der Waals surface area contributed by atoms with Gasteiger partial charge in [-0.25, -0.2) is 4.68 Å². The van der Waals surface area contributed by atoms with Gasteiger partial charge >= 0.3 is 5.97 Å². The number of rotatable bonds is 5. The maximum absolute atomic E-state index is 10.3. The molecule has 13 heavy (non-hydrogen) atoms. The summed E-state index contributed by atoms with van der Waals surface area (Å²) in [5.41, 5.74) is 0. The fraction of sp³-hybridized carbons (Fsp3) is 0.714. The number of aliphatic carboxylic acids is 1. The lowest BCUT2D eigenvalue weighted by molar-refractivity contribution is -0.137. The van der Waals surface area contributed by atoms with Gasteiger partial charge in [-0.3, -0.25) is 4.79 Å². The first kappa shape index (κ1) is 9.63. The molecular weight excluding hydrogens is 172 g/mol. The monoisotopic (exact) mass is 184 g/mol. The Morgan fingerprint density at radius 3 is 3.00 bits per heavy atom. The first-order chi connectivity index (χ1) is 6.24. The molecule has 0 saturated carbocycles. The summed E-state index contributed by atoms with van der Waals surface area (Å²) in [6.07, 6.45) is 1.40. The van der Waals surface area contributed by atoms with Crippen molar-refractivity contribution in [2.24, 2.45) is 0 Å². The number of carboxylic acid groups (broad SMARTS) is 1. The van der Waals surface area contributed by atoms with E-state index in [4.69, 9.17) is 5.11 Å². The van der Waals surface area contributed by atoms with E-state index >= 15 is 0 Å². The second-order valence-corrected chi connectivity index (χ2v) is 2.71. The van der Waals surface area contributed by atoms with E-state index in [0.29, 0.717) is 12.2 Å². The van der Waals surface area contributed by atoms with Gasteiger partial charge in [-0.1, -0.05) is 6.92 Å². The molecule has 0 spiro atoms. The topological polar surface area (TPSA) is 80.9 Å². The van der Waals surface area contributed by atoms with Gasteiger partial charge in [0.15, 0.2) is 5.82 Å². The standard InChI is InChI=1S/C7H12N4O2/c1-2-5-11-6(8-9-10-11)3-4-7(12)13/h2-5H2,1H3,(H,12,13). The van der Waals surface area contributed by atoms with Crippen molar-refractivity contribution in [2.45, 2.75) is 32.7 Å². The summed E-state index contributed by atoms with van der Waals surface area (Å²) in [5.74, 6) is -0.185. The third-order valence-corrected chi connectivity index (χ3v) is 1.60. The number of nitrogens with zero attached hydrogens (tertiary/aromatic N) is 4. The Morgan fingerprint density at radius 2 is 2.38 bits per heavy atom. The summed E-state index contributed by atoms with van der Waals surface area (Å²) in [5, 5.41) is 19.4. The molecule has 0 aliphatic carbocycles. The molecule has 0 aliphatic heterocycles. The van der Waals surface area contributed by atoms with Crippen molar-refractivity contribution >= 4 is 5.97 Å². The molecule has 1 N–H and O–H groups in total. The summed E-state index contributed by atoms with van der Waals surface area (Å²) in [6.45, 7) is 2.75. The highest BCUT2D eigenvalue weighted by Gasteiger charge is 2.06. The van der Waals surface area contributed by atoms with E-state index in [2.05, 4.69) is 15.5 Å². The first-order valence-corrected chi connectivity index (χ1v) is 4.21. The third-order valence-electron chi connectivity index (χ3n) is 1.60. The molecule has 0 amide bonds. The molecule has 0 radical (unpaired) electrons. The molecule has 0 unspecified atom stereocenters. The number of aromatic nitrogens is 4. The molecule has 1 aromatic heterocycles. The van der Waals surface area contributed by atoms with E-state index in [1.165, 1.54) is 0 Å². The van der Waals surface area contributed by atoms with E-state index < -0.39 is 5.97 Å². The Kier molecular flexibility index (Phi) is 3.36. The molecule has 0 atom stereocenters. The second kappa shape index (κ2) is 4.54. The van der Waals surface area contributed by atoms with Gasteiger partial charge in [-0.05, 0) is 16.8 Å². The normalized spacial score (nSPS) is 10.2. The molecule has 0 aliphatic rings. The largest absolute Gasteiger partial charge is 0.481 e. The number of hydrogen-bond donors (Lipinski definition) is 1. The van der Waals surface area contributed by atoms with Crippen LogP contribution >= 0.6 is 0 Å². The molecule has 0 fully saturated rings. The lowest BCUT2D eigenvalue weighted by Gasteiger charge is -1.99. The number of carbonyl (C=O) groups is 1. The first-order valence-electron chi connectivity index (χ1n) is 4.21. The molecule has 6 heteroatoms. The SMILES string of the molecule is CCCn1nnnc1CCC(=O)O. The Balaban J connectivity index is 2.54. The van der Waals surface area contributed by atoms with Crippen LogP contribution < -0.4 is 0 Å². The molecule has 1 aromatic rings. The van der Waals surface area contributed by atoms with Crippen molar-refractivity contribution in [3.05, 3.63) is 5.82 Å². The summed E-state index contributed by atoms with van der Waals surface area (Å²) in [6, 6.07) is 0. The van der Waals surface area contributed by atoms with Crippen molar-refractivity contribution in [2.75, 3.05) is 0 Å². The molecule has 0 bridgehead atoms. The maximum Gasteiger partial charge on any atom is 0.303 e. The zero-order valence-corrected chi connectivity index (χ0v) is 7.47. The smallest absolute Gasteiger partial charge is 0.303 e. The van der Waals surface area contributed by atoms with Gasteiger partial charge in [-0.15, -0.1) is 5.10 Å². The highest BCUT2D eigenvalue weighted by molar-refractivity contribution is 5.66. The average molecular weight is 184 g/mol. The number of carboxylic acids is 1. The van der Waals surface area contributed by atoms with Gasteiger partial charge in [0, 0.05) is 13.0 Å². The van der Waals surface area contributed by atoms with Gasteiger partial charge in [-0.2, -0.15) is 0 Å². The quantitative estimate of drug-likeness (QED) is 0.701. The Labute approximate surface area is 75.6 Å². The second-order valence-electron chi connectivity index (χ2n) is 2.71.